The van der Waals surface area contributed by atoms with E-state index >= 15 is 0 Å². The third-order valence-corrected chi connectivity index (χ3v) is 7.61. The maximum atomic E-state index is 13.5. The highest BCUT2D eigenvalue weighted by Gasteiger charge is 2.24. The lowest BCUT2D eigenvalue weighted by atomic mass is 9.84. The van der Waals surface area contributed by atoms with E-state index in [0.717, 1.165) is 0 Å². The quantitative estimate of drug-likeness (QED) is 0.148. The van der Waals surface area contributed by atoms with E-state index in [1.165, 1.54) is 60.5 Å². The highest BCUT2D eigenvalue weighted by Crippen LogP contribution is 2.41. The second-order valence-corrected chi connectivity index (χ2v) is 9.88. The second-order valence-electron chi connectivity index (χ2n) is 8.79. The Kier molecular flexibility index (Phi) is 8.00. The minimum absolute atomic E-state index is 0.125. The van der Waals surface area contributed by atoms with E-state index in [4.69, 9.17) is 0 Å². The maximum absolute atomic E-state index is 13.5. The lowest BCUT2D eigenvalue weighted by molar-refractivity contribution is -0.383. The summed E-state index contributed by atoms with van der Waals surface area (Å²) in [6, 6.07) is 16.3. The summed E-state index contributed by atoms with van der Waals surface area (Å²) in [6.07, 6.45) is 6.20. The summed E-state index contributed by atoms with van der Waals surface area (Å²) in [6.45, 7) is 4.04. The van der Waals surface area contributed by atoms with Gasteiger partial charge in [0.2, 0.25) is 0 Å². The first kappa shape index (κ1) is 25.4. The van der Waals surface area contributed by atoms with Crippen molar-refractivity contribution in [2.75, 3.05) is 19.4 Å². The number of carbonyl (C=O) groups excluding carboxylic acids is 1. The van der Waals surface area contributed by atoms with Crippen molar-refractivity contribution in [1.82, 2.24) is 5.01 Å². The largest absolute Gasteiger partial charge is 0.322 e. The lowest BCUT2D eigenvalue weighted by Gasteiger charge is -2.22. The number of nitrogens with one attached hydrogen (secondary N) is 1. The standard InChI is InChI=1S/C27H29N5O3S/c1-18(31(3)30-28-2)36-26-23-12-8-7-11-22(23)25(32(34)35)17-24(26)27(33)29-21-15-13-20(14-16-21)19-9-5-4-6-10-19/h7-8,11-17,19H,1,4-6,9-10H2,2-3H3,(H,29,33). The molecule has 9 heteroatoms. The Balaban J connectivity index is 1.69. The molecule has 3 aromatic rings. The van der Waals surface area contributed by atoms with Gasteiger partial charge in [0, 0.05) is 29.1 Å². The Morgan fingerprint density at radius 1 is 1.11 bits per heavy atom. The van der Waals surface area contributed by atoms with Crippen molar-refractivity contribution in [3.8, 4) is 0 Å². The van der Waals surface area contributed by atoms with Crippen molar-refractivity contribution in [3.63, 3.8) is 0 Å². The molecular formula is C27H29N5O3S. The number of benzene rings is 3. The molecule has 0 aliphatic heterocycles. The number of nitro groups is 1. The van der Waals surface area contributed by atoms with Gasteiger partial charge < -0.3 is 5.32 Å². The fourth-order valence-corrected chi connectivity index (χ4v) is 5.55. The molecule has 1 amide bonds. The van der Waals surface area contributed by atoms with Gasteiger partial charge in [0.05, 0.1) is 27.9 Å². The predicted molar refractivity (Wildman–Crippen MR) is 144 cm³/mol. The van der Waals surface area contributed by atoms with Crippen LogP contribution in [-0.4, -0.2) is 29.9 Å². The van der Waals surface area contributed by atoms with Crippen molar-refractivity contribution < 1.29 is 9.72 Å². The number of hydrogen-bond donors (Lipinski definition) is 1. The van der Waals surface area contributed by atoms with E-state index in [9.17, 15) is 14.9 Å². The predicted octanol–water partition coefficient (Wildman–Crippen LogP) is 7.54. The number of amides is 1. The van der Waals surface area contributed by atoms with Crippen LogP contribution < -0.4 is 5.32 Å². The zero-order valence-electron chi connectivity index (χ0n) is 20.4. The number of nitro benzene ring substituents is 1. The van der Waals surface area contributed by atoms with Gasteiger partial charge in [0.25, 0.3) is 11.6 Å². The first-order chi connectivity index (χ1) is 17.4. The smallest absolute Gasteiger partial charge is 0.278 e. The molecule has 0 atom stereocenters. The molecule has 36 heavy (non-hydrogen) atoms. The molecular weight excluding hydrogens is 474 g/mol. The molecule has 4 rings (SSSR count). The van der Waals surface area contributed by atoms with Gasteiger partial charge in [0.15, 0.2) is 0 Å². The maximum Gasteiger partial charge on any atom is 0.278 e. The monoisotopic (exact) mass is 503 g/mol. The van der Waals surface area contributed by atoms with E-state index in [1.54, 1.807) is 38.4 Å². The number of carbonyl (C=O) groups is 1. The van der Waals surface area contributed by atoms with Crippen LogP contribution in [0.4, 0.5) is 11.4 Å². The Hall–Kier alpha value is -3.72. The zero-order valence-corrected chi connectivity index (χ0v) is 21.3. The van der Waals surface area contributed by atoms with Gasteiger partial charge in [-0.05, 0) is 42.5 Å². The third-order valence-electron chi connectivity index (χ3n) is 6.46. The van der Waals surface area contributed by atoms with E-state index in [0.29, 0.717) is 32.3 Å². The van der Waals surface area contributed by atoms with Crippen LogP contribution in [0.15, 0.2) is 81.4 Å². The molecule has 8 nitrogen and oxygen atoms in total. The normalized spacial score (nSPS) is 14.2. The van der Waals surface area contributed by atoms with Crippen LogP contribution in [-0.2, 0) is 0 Å². The third kappa shape index (κ3) is 5.57. The molecule has 186 valence electrons. The van der Waals surface area contributed by atoms with E-state index < -0.39 is 10.8 Å². The van der Waals surface area contributed by atoms with Crippen LogP contribution in [0.25, 0.3) is 10.8 Å². The molecule has 1 saturated carbocycles. The Morgan fingerprint density at radius 2 is 1.78 bits per heavy atom. The summed E-state index contributed by atoms with van der Waals surface area (Å²) in [7, 11) is 3.25. The van der Waals surface area contributed by atoms with E-state index in [1.807, 2.05) is 12.1 Å². The minimum atomic E-state index is -0.460. The van der Waals surface area contributed by atoms with Crippen LogP contribution in [0.2, 0.25) is 0 Å². The van der Waals surface area contributed by atoms with Gasteiger partial charge in [-0.15, -0.1) is 0 Å². The van der Waals surface area contributed by atoms with Crippen molar-refractivity contribution in [3.05, 3.63) is 87.4 Å². The topological polar surface area (TPSA) is 100 Å². The number of non-ortho nitro benzene ring substituents is 1. The molecule has 1 aliphatic carbocycles. The Morgan fingerprint density at radius 3 is 2.42 bits per heavy atom. The summed E-state index contributed by atoms with van der Waals surface area (Å²) in [5.74, 6) is 0.141. The molecule has 0 radical (unpaired) electrons. The number of rotatable bonds is 8. The van der Waals surface area contributed by atoms with Crippen LogP contribution in [0.3, 0.4) is 0 Å². The van der Waals surface area contributed by atoms with Crippen LogP contribution in [0.5, 0.6) is 0 Å². The second kappa shape index (κ2) is 11.3. The Bertz CT molecular complexity index is 1320. The average Bonchev–Trinajstić information content (AvgIpc) is 2.89. The van der Waals surface area contributed by atoms with Crippen molar-refractivity contribution >= 4 is 39.8 Å². The number of anilines is 1. The minimum Gasteiger partial charge on any atom is -0.322 e. The summed E-state index contributed by atoms with van der Waals surface area (Å²) >= 11 is 1.22. The zero-order chi connectivity index (χ0) is 25.7. The summed E-state index contributed by atoms with van der Waals surface area (Å²) in [5, 5.41) is 25.6. The number of fused-ring (bicyclic) bond motifs is 1. The molecule has 0 heterocycles. The van der Waals surface area contributed by atoms with Crippen molar-refractivity contribution in [1.29, 1.82) is 0 Å². The number of thioether (sulfide) groups is 1. The van der Waals surface area contributed by atoms with E-state index in [-0.39, 0.29) is 11.3 Å². The van der Waals surface area contributed by atoms with Gasteiger partial charge in [-0.2, -0.15) is 5.11 Å². The molecule has 3 aromatic carbocycles. The number of hydrogen-bond acceptors (Lipinski definition) is 6. The van der Waals surface area contributed by atoms with Gasteiger partial charge >= 0.3 is 0 Å². The lowest BCUT2D eigenvalue weighted by Crippen LogP contribution is -2.15. The van der Waals surface area contributed by atoms with Gasteiger partial charge in [-0.3, -0.25) is 14.9 Å². The van der Waals surface area contributed by atoms with Gasteiger partial charge in [0.1, 0.15) is 0 Å². The molecule has 1 aliphatic rings. The number of nitrogens with zero attached hydrogens (tertiary/aromatic N) is 4. The van der Waals surface area contributed by atoms with Crippen molar-refractivity contribution in [2.45, 2.75) is 42.9 Å². The highest BCUT2D eigenvalue weighted by molar-refractivity contribution is 8.03. The van der Waals surface area contributed by atoms with Crippen molar-refractivity contribution in [2.24, 2.45) is 10.3 Å². The molecule has 1 fully saturated rings. The molecule has 0 spiro atoms. The molecule has 0 saturated heterocycles. The van der Waals surface area contributed by atoms with Gasteiger partial charge in [-0.1, -0.05) is 73.2 Å². The SMILES string of the molecule is C=C(Sc1c(C(=O)Nc2ccc(C3CCCCC3)cc2)cc([N+](=O)[O-])c2ccccc12)N(C)N=NC. The highest BCUT2D eigenvalue weighted by atomic mass is 32.2. The summed E-state index contributed by atoms with van der Waals surface area (Å²) in [4.78, 5) is 25.5. The fraction of sp³-hybridized carbons (Fsp3) is 0.296. The average molecular weight is 504 g/mol. The van der Waals surface area contributed by atoms with E-state index in [2.05, 4.69) is 34.4 Å². The van der Waals surface area contributed by atoms with Crippen LogP contribution in [0, 0.1) is 10.1 Å². The molecule has 0 aromatic heterocycles. The molecule has 0 bridgehead atoms. The van der Waals surface area contributed by atoms with Crippen LogP contribution >= 0.6 is 11.8 Å². The first-order valence-electron chi connectivity index (χ1n) is 11.9. The first-order valence-corrected chi connectivity index (χ1v) is 12.7. The fourth-order valence-electron chi connectivity index (χ4n) is 4.60. The molecule has 1 N–H and O–H groups in total. The summed E-state index contributed by atoms with van der Waals surface area (Å²) < 4.78 is 0. The summed E-state index contributed by atoms with van der Waals surface area (Å²) in [5.41, 5.74) is 2.00. The van der Waals surface area contributed by atoms with Crippen LogP contribution in [0.1, 0.15) is 53.9 Å². The Labute approximate surface area is 214 Å². The van der Waals surface area contributed by atoms with Gasteiger partial charge in [-0.25, -0.2) is 5.01 Å². The molecule has 0 unspecified atom stereocenters.